The molecule has 3 aromatic rings. The van der Waals surface area contributed by atoms with Gasteiger partial charge in [0, 0.05) is 22.7 Å². The van der Waals surface area contributed by atoms with Crippen molar-refractivity contribution in [1.29, 1.82) is 0 Å². The van der Waals surface area contributed by atoms with Crippen LogP contribution in [0.25, 0.3) is 5.69 Å². The minimum Gasteiger partial charge on any atom is -0.493 e. The molecule has 0 spiro atoms. The van der Waals surface area contributed by atoms with Crippen molar-refractivity contribution in [3.63, 3.8) is 0 Å². The molecule has 168 valence electrons. The number of nitrogens with zero attached hydrogens (tertiary/aromatic N) is 1. The lowest BCUT2D eigenvalue weighted by atomic mass is 10.1. The van der Waals surface area contributed by atoms with Gasteiger partial charge in [-0.1, -0.05) is 24.4 Å². The summed E-state index contributed by atoms with van der Waals surface area (Å²) in [5.74, 6) is -1.47. The van der Waals surface area contributed by atoms with Crippen LogP contribution >= 0.6 is 11.6 Å². The lowest BCUT2D eigenvalue weighted by Gasteiger charge is -2.26. The fraction of sp³-hybridized carbons (Fsp3) is 0.348. The molecule has 0 bridgehead atoms. The molecule has 2 aliphatic carbocycles. The Bertz CT molecular complexity index is 1220. The summed E-state index contributed by atoms with van der Waals surface area (Å²) in [4.78, 5) is 14.2. The summed E-state index contributed by atoms with van der Waals surface area (Å²) in [7, 11) is 0. The predicted octanol–water partition coefficient (Wildman–Crippen LogP) is 4.38. The topological polar surface area (TPSA) is 79.3 Å². The Kier molecular flexibility index (Phi) is 5.43. The number of nitrogens with one attached hydrogen (secondary N) is 2. The number of rotatable bonds is 5. The van der Waals surface area contributed by atoms with E-state index >= 15 is 0 Å². The van der Waals surface area contributed by atoms with Crippen molar-refractivity contribution in [2.75, 3.05) is 0 Å². The Hall–Kier alpha value is -2.84. The number of hydrogen-bond acceptors (Lipinski definition) is 4. The monoisotopic (exact) mass is 461 g/mol. The maximum absolute atomic E-state index is 15.0. The van der Waals surface area contributed by atoms with Crippen LogP contribution in [-0.4, -0.2) is 26.7 Å². The van der Waals surface area contributed by atoms with Gasteiger partial charge in [-0.25, -0.2) is 18.1 Å². The molecule has 3 N–H and O–H groups in total. The Morgan fingerprint density at radius 1 is 1.16 bits per heavy atom. The van der Waals surface area contributed by atoms with Gasteiger partial charge in [0.15, 0.2) is 11.6 Å². The van der Waals surface area contributed by atoms with Crippen LogP contribution in [0, 0.1) is 11.6 Å². The molecule has 32 heavy (non-hydrogen) atoms. The van der Waals surface area contributed by atoms with E-state index in [1.165, 1.54) is 18.2 Å². The molecule has 0 aliphatic heterocycles. The van der Waals surface area contributed by atoms with Gasteiger partial charge in [-0.15, -0.1) is 0 Å². The molecule has 0 unspecified atom stereocenters. The van der Waals surface area contributed by atoms with Crippen LogP contribution in [0.15, 0.2) is 41.3 Å². The van der Waals surface area contributed by atoms with E-state index in [2.05, 4.69) is 10.3 Å². The molecular formula is C23H22ClF2N3O3. The Balaban J connectivity index is 1.47. The molecule has 0 amide bonds. The zero-order chi connectivity index (χ0) is 22.4. The van der Waals surface area contributed by atoms with Crippen LogP contribution in [0.3, 0.4) is 0 Å². The number of aromatic hydroxyl groups is 1. The molecule has 5 rings (SSSR count). The first-order valence-electron chi connectivity index (χ1n) is 10.6. The zero-order valence-electron chi connectivity index (χ0n) is 17.1. The van der Waals surface area contributed by atoms with Gasteiger partial charge in [0.2, 0.25) is 5.88 Å². The van der Waals surface area contributed by atoms with Gasteiger partial charge >= 0.3 is 5.69 Å². The van der Waals surface area contributed by atoms with Crippen molar-refractivity contribution in [1.82, 2.24) is 14.9 Å². The van der Waals surface area contributed by atoms with E-state index in [1.54, 1.807) is 6.07 Å². The van der Waals surface area contributed by atoms with Crippen molar-refractivity contribution in [3.05, 3.63) is 74.8 Å². The van der Waals surface area contributed by atoms with Crippen LogP contribution in [0.1, 0.15) is 42.9 Å². The van der Waals surface area contributed by atoms with Gasteiger partial charge in [-0.2, -0.15) is 0 Å². The van der Waals surface area contributed by atoms with Gasteiger partial charge in [-0.05, 0) is 49.1 Å². The zero-order valence-corrected chi connectivity index (χ0v) is 17.8. The van der Waals surface area contributed by atoms with Gasteiger partial charge in [0.25, 0.3) is 0 Å². The smallest absolute Gasteiger partial charge is 0.333 e. The van der Waals surface area contributed by atoms with Crippen molar-refractivity contribution in [3.8, 4) is 17.3 Å². The second-order valence-electron chi connectivity index (χ2n) is 8.35. The van der Waals surface area contributed by atoms with E-state index < -0.39 is 23.4 Å². The second kappa shape index (κ2) is 8.26. The van der Waals surface area contributed by atoms with Crippen LogP contribution in [0.4, 0.5) is 8.78 Å². The molecule has 6 nitrogen and oxygen atoms in total. The molecular weight excluding hydrogens is 440 g/mol. The number of hydrogen-bond donors (Lipinski definition) is 3. The standard InChI is InChI=1S/C23H22ClF2N3O3/c24-12-7-16-15(17(25)8-12)10-19(28-13-3-1-2-4-13)22(16)32-20-6-5-14(9-18(20)26)29-21(30)11-27-23(29)31/h5-9,11,13,19,22,28,30H,1-4,10H2,(H,27,31)/t19-,22-/m0/s1. The lowest BCUT2D eigenvalue weighted by Crippen LogP contribution is -2.41. The van der Waals surface area contributed by atoms with Crippen molar-refractivity contribution >= 4 is 11.6 Å². The van der Waals surface area contributed by atoms with Crippen molar-refractivity contribution in [2.45, 2.75) is 50.3 Å². The number of aromatic nitrogens is 2. The third kappa shape index (κ3) is 3.78. The third-order valence-electron chi connectivity index (χ3n) is 6.28. The van der Waals surface area contributed by atoms with E-state index in [9.17, 15) is 18.7 Å². The first-order chi connectivity index (χ1) is 15.4. The van der Waals surface area contributed by atoms with Crippen LogP contribution < -0.4 is 15.7 Å². The molecule has 1 heterocycles. The van der Waals surface area contributed by atoms with E-state index in [0.29, 0.717) is 23.6 Å². The summed E-state index contributed by atoms with van der Waals surface area (Å²) in [5.41, 5.74) is 0.690. The Morgan fingerprint density at radius 2 is 1.94 bits per heavy atom. The lowest BCUT2D eigenvalue weighted by molar-refractivity contribution is 0.153. The highest BCUT2D eigenvalue weighted by atomic mass is 35.5. The number of H-pyrrole nitrogens is 1. The maximum atomic E-state index is 15.0. The van der Waals surface area contributed by atoms with Gasteiger partial charge < -0.3 is 20.1 Å². The van der Waals surface area contributed by atoms with Crippen molar-refractivity contribution in [2.24, 2.45) is 0 Å². The summed E-state index contributed by atoms with van der Waals surface area (Å²) in [6.45, 7) is 0. The first kappa shape index (κ1) is 21.0. The summed E-state index contributed by atoms with van der Waals surface area (Å²) < 4.78 is 36.6. The van der Waals surface area contributed by atoms with Crippen molar-refractivity contribution < 1.29 is 18.6 Å². The number of aromatic amines is 1. The molecule has 1 saturated carbocycles. The van der Waals surface area contributed by atoms with Gasteiger partial charge in [0.1, 0.15) is 11.9 Å². The number of benzene rings is 2. The molecule has 9 heteroatoms. The molecule has 1 aromatic heterocycles. The summed E-state index contributed by atoms with van der Waals surface area (Å²) in [5, 5.41) is 13.7. The first-order valence-corrected chi connectivity index (χ1v) is 11.0. The highest BCUT2D eigenvalue weighted by Gasteiger charge is 2.38. The molecule has 2 aliphatic rings. The normalized spacial score (nSPS) is 20.6. The van der Waals surface area contributed by atoms with Crippen LogP contribution in [-0.2, 0) is 6.42 Å². The quantitative estimate of drug-likeness (QED) is 0.527. The maximum Gasteiger partial charge on any atom is 0.333 e. The van der Waals surface area contributed by atoms with Gasteiger partial charge in [-0.3, -0.25) is 0 Å². The largest absolute Gasteiger partial charge is 0.493 e. The highest BCUT2D eigenvalue weighted by molar-refractivity contribution is 6.30. The number of fused-ring (bicyclic) bond motifs is 1. The highest BCUT2D eigenvalue weighted by Crippen LogP contribution is 2.40. The Morgan fingerprint density at radius 3 is 2.62 bits per heavy atom. The second-order valence-corrected chi connectivity index (χ2v) is 8.79. The minimum atomic E-state index is -0.703. The molecule has 2 aromatic carbocycles. The van der Waals surface area contributed by atoms with E-state index in [0.717, 1.165) is 42.5 Å². The summed E-state index contributed by atoms with van der Waals surface area (Å²) in [6, 6.07) is 7.02. The van der Waals surface area contributed by atoms with Gasteiger partial charge in [0.05, 0.1) is 17.9 Å². The SMILES string of the molecule is O=c1[nH]cc(O)n1-c1ccc(O[C@H]2c3cc(Cl)cc(F)c3C[C@@H]2NC2CCCC2)c(F)c1. The fourth-order valence-corrected chi connectivity index (χ4v) is 5.01. The molecule has 2 atom stereocenters. The molecule has 0 saturated heterocycles. The minimum absolute atomic E-state index is 0.0340. The van der Waals surface area contributed by atoms with E-state index in [4.69, 9.17) is 16.3 Å². The number of ether oxygens (including phenoxy) is 1. The third-order valence-corrected chi connectivity index (χ3v) is 6.50. The summed E-state index contributed by atoms with van der Waals surface area (Å²) >= 11 is 6.10. The average Bonchev–Trinajstić information content (AvgIpc) is 3.45. The number of imidazole rings is 1. The fourth-order valence-electron chi connectivity index (χ4n) is 4.79. The van der Waals surface area contributed by atoms with Crippen LogP contribution in [0.5, 0.6) is 11.6 Å². The molecule has 1 fully saturated rings. The molecule has 0 radical (unpaired) electrons. The predicted molar refractivity (Wildman–Crippen MR) is 116 cm³/mol. The van der Waals surface area contributed by atoms with Crippen LogP contribution in [0.2, 0.25) is 5.02 Å². The van der Waals surface area contributed by atoms with E-state index in [1.807, 2.05) is 0 Å². The number of halogens is 3. The average molecular weight is 462 g/mol. The Labute approximate surface area is 187 Å². The summed E-state index contributed by atoms with van der Waals surface area (Å²) in [6.07, 6.45) is 5.29. The van der Waals surface area contributed by atoms with E-state index in [-0.39, 0.29) is 28.4 Å².